The summed E-state index contributed by atoms with van der Waals surface area (Å²) in [6.45, 7) is 12.3. The summed E-state index contributed by atoms with van der Waals surface area (Å²) < 4.78 is 0. The zero-order chi connectivity index (χ0) is 13.7. The van der Waals surface area contributed by atoms with Crippen LogP contribution < -0.4 is 0 Å². The van der Waals surface area contributed by atoms with Crippen LogP contribution in [0.15, 0.2) is 0 Å². The smallest absolute Gasteiger partial charge is 0.0355 e. The Labute approximate surface area is 120 Å². The van der Waals surface area contributed by atoms with Crippen molar-refractivity contribution in [3.05, 3.63) is 0 Å². The Morgan fingerprint density at radius 3 is 1.68 bits per heavy atom. The van der Waals surface area contributed by atoms with Gasteiger partial charge < -0.3 is 0 Å². The molecule has 0 N–H and O–H groups in total. The second-order valence-corrected chi connectivity index (χ2v) is 8.87. The molecule has 3 rings (SSSR count). The molecule has 3 fully saturated rings. The molecule has 19 heavy (non-hydrogen) atoms. The molecule has 8 atom stereocenters. The van der Waals surface area contributed by atoms with E-state index in [2.05, 4.69) is 34.6 Å². The van der Waals surface area contributed by atoms with E-state index in [4.69, 9.17) is 0 Å². The van der Waals surface area contributed by atoms with Crippen molar-refractivity contribution < 1.29 is 0 Å². The lowest BCUT2D eigenvalue weighted by Gasteiger charge is -2.14. The summed E-state index contributed by atoms with van der Waals surface area (Å²) >= 11 is 0. The Hall–Kier alpha value is 0. The van der Waals surface area contributed by atoms with Gasteiger partial charge in [0.25, 0.3) is 0 Å². The molecular weight excluding hydrogens is 228 g/mol. The Morgan fingerprint density at radius 2 is 1.26 bits per heavy atom. The maximum absolute atomic E-state index is 2.54. The van der Waals surface area contributed by atoms with Crippen LogP contribution in [0, 0.1) is 53.3 Å². The number of rotatable bonds is 7. The molecule has 0 bridgehead atoms. The van der Waals surface area contributed by atoms with Crippen molar-refractivity contribution in [2.24, 2.45) is 53.3 Å². The van der Waals surface area contributed by atoms with E-state index in [-0.39, 0.29) is 0 Å². The highest BCUT2D eigenvalue weighted by Crippen LogP contribution is 2.56. The minimum Gasteiger partial charge on any atom is -0.0625 e. The van der Waals surface area contributed by atoms with E-state index in [0.29, 0.717) is 0 Å². The van der Waals surface area contributed by atoms with Gasteiger partial charge >= 0.3 is 0 Å². The largest absolute Gasteiger partial charge is 0.0625 e. The predicted octanol–water partition coefficient (Wildman–Crippen LogP) is 5.62. The first-order chi connectivity index (χ1) is 8.97. The van der Waals surface area contributed by atoms with E-state index in [0.717, 1.165) is 53.3 Å². The molecular formula is C19H34. The average Bonchev–Trinajstić information content (AvgIpc) is 3.15. The van der Waals surface area contributed by atoms with Gasteiger partial charge in [-0.3, -0.25) is 0 Å². The highest BCUT2D eigenvalue weighted by molar-refractivity contribution is 4.97. The van der Waals surface area contributed by atoms with Gasteiger partial charge in [-0.25, -0.2) is 0 Å². The van der Waals surface area contributed by atoms with Gasteiger partial charge in [0.05, 0.1) is 0 Å². The minimum atomic E-state index is 0.929. The van der Waals surface area contributed by atoms with Gasteiger partial charge in [-0.05, 0) is 85.4 Å². The Bertz CT molecular complexity index is 318. The Balaban J connectivity index is 1.35. The fraction of sp³-hybridized carbons (Fsp3) is 1.00. The minimum absolute atomic E-state index is 0.929. The van der Waals surface area contributed by atoms with Crippen molar-refractivity contribution >= 4 is 0 Å². The monoisotopic (exact) mass is 262 g/mol. The lowest BCUT2D eigenvalue weighted by molar-refractivity contribution is 0.359. The second-order valence-electron chi connectivity index (χ2n) is 8.87. The highest BCUT2D eigenvalue weighted by Gasteiger charge is 2.47. The van der Waals surface area contributed by atoms with Crippen molar-refractivity contribution in [3.63, 3.8) is 0 Å². The first kappa shape index (κ1) is 14.0. The summed E-state index contributed by atoms with van der Waals surface area (Å²) in [6.07, 6.45) is 7.71. The first-order valence-corrected chi connectivity index (χ1v) is 8.97. The molecule has 0 heteroatoms. The molecule has 0 amide bonds. The van der Waals surface area contributed by atoms with Gasteiger partial charge in [0.1, 0.15) is 0 Å². The van der Waals surface area contributed by atoms with Crippen LogP contribution in [0.5, 0.6) is 0 Å². The first-order valence-electron chi connectivity index (χ1n) is 8.97. The van der Waals surface area contributed by atoms with Crippen molar-refractivity contribution in [1.29, 1.82) is 0 Å². The molecule has 8 unspecified atom stereocenters. The zero-order valence-corrected chi connectivity index (χ0v) is 13.7. The summed E-state index contributed by atoms with van der Waals surface area (Å²) in [6, 6.07) is 0. The summed E-state index contributed by atoms with van der Waals surface area (Å²) in [7, 11) is 0. The molecule has 0 nitrogen and oxygen atoms in total. The average molecular weight is 262 g/mol. The number of hydrogen-bond donors (Lipinski definition) is 0. The van der Waals surface area contributed by atoms with Crippen LogP contribution in [-0.4, -0.2) is 0 Å². The lowest BCUT2D eigenvalue weighted by atomic mass is 9.92. The molecule has 0 aromatic carbocycles. The van der Waals surface area contributed by atoms with E-state index >= 15 is 0 Å². The van der Waals surface area contributed by atoms with Gasteiger partial charge in [0.15, 0.2) is 0 Å². The van der Waals surface area contributed by atoms with Crippen LogP contribution in [0.2, 0.25) is 0 Å². The Kier molecular flexibility index (Phi) is 3.73. The van der Waals surface area contributed by atoms with Crippen LogP contribution in [0.1, 0.15) is 66.7 Å². The molecule has 0 spiro atoms. The van der Waals surface area contributed by atoms with Crippen LogP contribution >= 0.6 is 0 Å². The molecule has 0 saturated heterocycles. The molecule has 3 aliphatic rings. The third kappa shape index (κ3) is 3.19. The quantitative estimate of drug-likeness (QED) is 0.558. The zero-order valence-electron chi connectivity index (χ0n) is 13.7. The van der Waals surface area contributed by atoms with E-state index in [1.54, 1.807) is 19.3 Å². The Morgan fingerprint density at radius 1 is 0.737 bits per heavy atom. The van der Waals surface area contributed by atoms with Crippen LogP contribution in [-0.2, 0) is 0 Å². The molecule has 3 saturated carbocycles. The van der Waals surface area contributed by atoms with Gasteiger partial charge in [-0.2, -0.15) is 0 Å². The van der Waals surface area contributed by atoms with Gasteiger partial charge in [-0.15, -0.1) is 0 Å². The molecule has 0 aliphatic heterocycles. The second kappa shape index (κ2) is 5.08. The van der Waals surface area contributed by atoms with Crippen molar-refractivity contribution in [3.8, 4) is 0 Å². The number of hydrogen-bond acceptors (Lipinski definition) is 0. The van der Waals surface area contributed by atoms with E-state index in [1.165, 1.54) is 12.8 Å². The maximum atomic E-state index is 2.54. The molecule has 0 heterocycles. The van der Waals surface area contributed by atoms with E-state index in [9.17, 15) is 0 Å². The summed E-state index contributed by atoms with van der Waals surface area (Å²) in [5.74, 6) is 9.47. The van der Waals surface area contributed by atoms with Crippen LogP contribution in [0.25, 0.3) is 0 Å². The fourth-order valence-corrected chi connectivity index (χ4v) is 4.99. The summed E-state index contributed by atoms with van der Waals surface area (Å²) in [5, 5.41) is 0. The SMILES string of the molecule is CC(C)C1CC1C(C)CC1CC1CC(C)C1CC1C. The highest BCUT2D eigenvalue weighted by atomic mass is 14.5. The van der Waals surface area contributed by atoms with Crippen LogP contribution in [0.3, 0.4) is 0 Å². The molecule has 0 aromatic heterocycles. The summed E-state index contributed by atoms with van der Waals surface area (Å²) in [4.78, 5) is 0. The van der Waals surface area contributed by atoms with Gasteiger partial charge in [0, 0.05) is 0 Å². The summed E-state index contributed by atoms with van der Waals surface area (Å²) in [5.41, 5.74) is 0. The van der Waals surface area contributed by atoms with Gasteiger partial charge in [0.2, 0.25) is 0 Å². The third-order valence-corrected chi connectivity index (χ3v) is 6.80. The van der Waals surface area contributed by atoms with Gasteiger partial charge in [-0.1, -0.05) is 34.6 Å². The van der Waals surface area contributed by atoms with E-state index < -0.39 is 0 Å². The third-order valence-electron chi connectivity index (χ3n) is 6.80. The molecule has 0 aromatic rings. The van der Waals surface area contributed by atoms with Crippen molar-refractivity contribution in [1.82, 2.24) is 0 Å². The molecule has 3 aliphatic carbocycles. The standard InChI is InChI=1S/C19H34/c1-11(2)17-10-19(17)13(4)7-16-9-15(16)6-12(3)18-8-14(18)5/h11-19H,6-10H2,1-5H3. The topological polar surface area (TPSA) is 0 Å². The van der Waals surface area contributed by atoms with E-state index in [1.807, 2.05) is 0 Å². The molecule has 0 radical (unpaired) electrons. The van der Waals surface area contributed by atoms with Crippen LogP contribution in [0.4, 0.5) is 0 Å². The predicted molar refractivity (Wildman–Crippen MR) is 82.9 cm³/mol. The molecule has 110 valence electrons. The van der Waals surface area contributed by atoms with Crippen molar-refractivity contribution in [2.75, 3.05) is 0 Å². The van der Waals surface area contributed by atoms with Crippen molar-refractivity contribution in [2.45, 2.75) is 66.7 Å². The fourth-order valence-electron chi connectivity index (χ4n) is 4.99. The maximum Gasteiger partial charge on any atom is -0.0355 e. The normalized spacial score (nSPS) is 47.1. The lowest BCUT2D eigenvalue weighted by Crippen LogP contribution is -2.05.